The van der Waals surface area contributed by atoms with E-state index in [9.17, 15) is 4.79 Å². The molecule has 6 heteroatoms. The van der Waals surface area contributed by atoms with Crippen molar-refractivity contribution in [2.24, 2.45) is 5.41 Å². The van der Waals surface area contributed by atoms with Crippen LogP contribution in [0.3, 0.4) is 0 Å². The molecule has 0 aromatic carbocycles. The highest BCUT2D eigenvalue weighted by atomic mass is 32.1. The number of hydrogen-bond acceptors (Lipinski definition) is 4. The number of carbonyl (C=O) groups excluding carboxylic acids is 1. The highest BCUT2D eigenvalue weighted by molar-refractivity contribution is 7.11. The Balaban J connectivity index is 1.46. The minimum absolute atomic E-state index is 0.0422. The van der Waals surface area contributed by atoms with E-state index in [1.54, 1.807) is 11.3 Å². The second kappa shape index (κ2) is 6.96. The summed E-state index contributed by atoms with van der Waals surface area (Å²) in [7, 11) is 0. The topological polar surface area (TPSA) is 63.2 Å². The Kier molecular flexibility index (Phi) is 4.98. The summed E-state index contributed by atoms with van der Waals surface area (Å²) < 4.78 is 5.68. The molecule has 1 aromatic rings. The predicted octanol–water partition coefficient (Wildman–Crippen LogP) is 2.64. The fraction of sp³-hybridized carbons (Fsp3) is 0.750. The standard InChI is InChI=1S/C16H25N3O2S/c1-12-18-10-13(22-12)4-8-17-15(20)19-14-5-9-21-11-16(14)6-2-3-7-16/h10,14H,2-9,11H2,1H3,(H2,17,19,20). The van der Waals surface area contributed by atoms with Gasteiger partial charge in [-0.1, -0.05) is 12.8 Å². The van der Waals surface area contributed by atoms with E-state index in [1.165, 1.54) is 30.6 Å². The van der Waals surface area contributed by atoms with Gasteiger partial charge in [0.2, 0.25) is 0 Å². The Morgan fingerprint density at radius 3 is 3.05 bits per heavy atom. The molecule has 2 N–H and O–H groups in total. The monoisotopic (exact) mass is 323 g/mol. The highest BCUT2D eigenvalue weighted by Gasteiger charge is 2.44. The minimum atomic E-state index is -0.0422. The van der Waals surface area contributed by atoms with Crippen LogP contribution in [0.25, 0.3) is 0 Å². The number of hydrogen-bond donors (Lipinski definition) is 2. The zero-order valence-corrected chi connectivity index (χ0v) is 14.0. The number of carbonyl (C=O) groups is 1. The number of rotatable bonds is 4. The molecule has 122 valence electrons. The Morgan fingerprint density at radius 2 is 2.32 bits per heavy atom. The zero-order chi connectivity index (χ0) is 15.4. The van der Waals surface area contributed by atoms with Crippen molar-refractivity contribution < 1.29 is 9.53 Å². The van der Waals surface area contributed by atoms with Crippen LogP contribution in [0.2, 0.25) is 0 Å². The summed E-state index contributed by atoms with van der Waals surface area (Å²) >= 11 is 1.69. The van der Waals surface area contributed by atoms with Crippen LogP contribution >= 0.6 is 11.3 Å². The lowest BCUT2D eigenvalue weighted by molar-refractivity contribution is -0.0263. The second-order valence-electron chi connectivity index (χ2n) is 6.46. The van der Waals surface area contributed by atoms with Crippen LogP contribution < -0.4 is 10.6 Å². The third kappa shape index (κ3) is 3.60. The van der Waals surface area contributed by atoms with Gasteiger partial charge in [0.25, 0.3) is 0 Å². The first-order valence-electron chi connectivity index (χ1n) is 8.21. The first kappa shape index (κ1) is 15.7. The fourth-order valence-corrected chi connectivity index (χ4v) is 4.50. The van der Waals surface area contributed by atoms with E-state index >= 15 is 0 Å². The molecule has 1 unspecified atom stereocenters. The van der Waals surface area contributed by atoms with Gasteiger partial charge in [-0.15, -0.1) is 11.3 Å². The summed E-state index contributed by atoms with van der Waals surface area (Å²) in [6.45, 7) is 4.22. The van der Waals surface area contributed by atoms with E-state index in [4.69, 9.17) is 4.74 Å². The van der Waals surface area contributed by atoms with Crippen molar-refractivity contribution in [3.05, 3.63) is 16.1 Å². The van der Waals surface area contributed by atoms with Gasteiger partial charge in [0, 0.05) is 42.1 Å². The first-order valence-corrected chi connectivity index (χ1v) is 9.03. The average Bonchev–Trinajstić information content (AvgIpc) is 3.12. The number of thiazole rings is 1. The second-order valence-corrected chi connectivity index (χ2v) is 7.78. The van der Waals surface area contributed by atoms with Gasteiger partial charge < -0.3 is 15.4 Å². The molecule has 2 fully saturated rings. The van der Waals surface area contributed by atoms with Crippen molar-refractivity contribution >= 4 is 17.4 Å². The summed E-state index contributed by atoms with van der Waals surface area (Å²) in [6.07, 6.45) is 8.54. The smallest absolute Gasteiger partial charge is 0.315 e. The van der Waals surface area contributed by atoms with Crippen molar-refractivity contribution in [2.45, 2.75) is 51.5 Å². The van der Waals surface area contributed by atoms with E-state index in [-0.39, 0.29) is 17.5 Å². The van der Waals surface area contributed by atoms with Gasteiger partial charge in [-0.05, 0) is 26.2 Å². The molecule has 5 nitrogen and oxygen atoms in total. The third-order valence-electron chi connectivity index (χ3n) is 4.91. The summed E-state index contributed by atoms with van der Waals surface area (Å²) in [5.74, 6) is 0. The van der Waals surface area contributed by atoms with Gasteiger partial charge in [-0.2, -0.15) is 0 Å². The molecule has 1 aliphatic carbocycles. The van der Waals surface area contributed by atoms with E-state index in [0.717, 1.165) is 31.1 Å². The van der Waals surface area contributed by atoms with E-state index in [1.807, 2.05) is 13.1 Å². The van der Waals surface area contributed by atoms with Crippen LogP contribution in [0, 0.1) is 12.3 Å². The zero-order valence-electron chi connectivity index (χ0n) is 13.2. The molecule has 1 saturated heterocycles. The molecule has 2 amide bonds. The summed E-state index contributed by atoms with van der Waals surface area (Å²) in [6, 6.07) is 0.216. The highest BCUT2D eigenvalue weighted by Crippen LogP contribution is 2.44. The van der Waals surface area contributed by atoms with Crippen molar-refractivity contribution in [2.75, 3.05) is 19.8 Å². The van der Waals surface area contributed by atoms with Crippen molar-refractivity contribution in [1.82, 2.24) is 15.6 Å². The average molecular weight is 323 g/mol. The van der Waals surface area contributed by atoms with Crippen LogP contribution in [-0.4, -0.2) is 36.8 Å². The van der Waals surface area contributed by atoms with Gasteiger partial charge in [-0.3, -0.25) is 0 Å². The van der Waals surface area contributed by atoms with Crippen molar-refractivity contribution in [3.8, 4) is 0 Å². The molecule has 3 rings (SSSR count). The molecule has 1 aromatic heterocycles. The van der Waals surface area contributed by atoms with Gasteiger partial charge >= 0.3 is 6.03 Å². The molecule has 1 saturated carbocycles. The Bertz CT molecular complexity index is 511. The van der Waals surface area contributed by atoms with Crippen LogP contribution in [0.15, 0.2) is 6.20 Å². The number of aromatic nitrogens is 1. The number of ether oxygens (including phenoxy) is 1. The maximum atomic E-state index is 12.2. The third-order valence-corrected chi connectivity index (χ3v) is 5.88. The molecule has 1 spiro atoms. The lowest BCUT2D eigenvalue weighted by atomic mass is 9.76. The van der Waals surface area contributed by atoms with E-state index in [0.29, 0.717) is 6.54 Å². The Labute approximate surface area is 135 Å². The quantitative estimate of drug-likeness (QED) is 0.895. The molecule has 2 heterocycles. The van der Waals surface area contributed by atoms with Gasteiger partial charge in [0.05, 0.1) is 11.6 Å². The number of urea groups is 1. The lowest BCUT2D eigenvalue weighted by Gasteiger charge is -2.41. The summed E-state index contributed by atoms with van der Waals surface area (Å²) in [5.41, 5.74) is 0.185. The summed E-state index contributed by atoms with van der Waals surface area (Å²) in [4.78, 5) is 17.6. The predicted molar refractivity (Wildman–Crippen MR) is 87.2 cm³/mol. The lowest BCUT2D eigenvalue weighted by Crippen LogP contribution is -2.54. The Morgan fingerprint density at radius 1 is 1.50 bits per heavy atom. The van der Waals surface area contributed by atoms with E-state index in [2.05, 4.69) is 15.6 Å². The van der Waals surface area contributed by atoms with Crippen LogP contribution in [-0.2, 0) is 11.2 Å². The molecular weight excluding hydrogens is 298 g/mol. The number of nitrogens with zero attached hydrogens (tertiary/aromatic N) is 1. The molecule has 22 heavy (non-hydrogen) atoms. The minimum Gasteiger partial charge on any atom is -0.381 e. The van der Waals surface area contributed by atoms with Crippen LogP contribution in [0.5, 0.6) is 0 Å². The number of nitrogens with one attached hydrogen (secondary N) is 2. The normalized spacial score (nSPS) is 23.6. The van der Waals surface area contributed by atoms with Crippen molar-refractivity contribution in [3.63, 3.8) is 0 Å². The molecular formula is C16H25N3O2S. The van der Waals surface area contributed by atoms with Gasteiger partial charge in [-0.25, -0.2) is 9.78 Å². The summed E-state index contributed by atoms with van der Waals surface area (Å²) in [5, 5.41) is 7.26. The fourth-order valence-electron chi connectivity index (χ4n) is 3.71. The Hall–Kier alpha value is -1.14. The first-order chi connectivity index (χ1) is 10.7. The van der Waals surface area contributed by atoms with Crippen LogP contribution in [0.1, 0.15) is 42.0 Å². The van der Waals surface area contributed by atoms with Crippen molar-refractivity contribution in [1.29, 1.82) is 0 Å². The van der Waals surface area contributed by atoms with Gasteiger partial charge in [0.15, 0.2) is 0 Å². The molecule has 2 aliphatic rings. The molecule has 1 aliphatic heterocycles. The SMILES string of the molecule is Cc1ncc(CCNC(=O)NC2CCOCC23CCCC3)s1. The maximum Gasteiger partial charge on any atom is 0.315 e. The van der Waals surface area contributed by atoms with Gasteiger partial charge in [0.1, 0.15) is 0 Å². The maximum absolute atomic E-state index is 12.2. The largest absolute Gasteiger partial charge is 0.381 e. The number of amides is 2. The molecule has 1 atom stereocenters. The molecule has 0 radical (unpaired) electrons. The molecule has 0 bridgehead atoms. The van der Waals surface area contributed by atoms with E-state index < -0.39 is 0 Å². The van der Waals surface area contributed by atoms with Crippen LogP contribution in [0.4, 0.5) is 4.79 Å². The number of aryl methyl sites for hydroxylation is 1.